The molecule has 0 saturated carbocycles. The monoisotopic (exact) mass is 482 g/mol. The molecule has 2 heterocycles. The van der Waals surface area contributed by atoms with Crippen molar-refractivity contribution >= 4 is 44.2 Å². The lowest BCUT2D eigenvalue weighted by atomic mass is 10.2. The zero-order valence-electron chi connectivity index (χ0n) is 15.4. The number of primary amides is 1. The van der Waals surface area contributed by atoms with Crippen LogP contribution in [0.4, 0.5) is 5.13 Å². The third kappa shape index (κ3) is 4.42. The molecule has 4 aromatic rings. The van der Waals surface area contributed by atoms with Crippen molar-refractivity contribution in [3.8, 4) is 22.8 Å². The average molecular weight is 483 g/mol. The summed E-state index contributed by atoms with van der Waals surface area (Å²) in [5, 5.41) is 5.00. The summed E-state index contributed by atoms with van der Waals surface area (Å²) in [5.74, 6) is 0.154. The second-order valence-corrected chi connectivity index (χ2v) is 7.99. The number of carbonyl (C=O) groups excluding carboxylic acids is 2. The number of thiazole rings is 1. The molecule has 0 aliphatic rings. The molecular formula is C21H15BrN4O3S. The Bertz CT molecular complexity index is 1230. The van der Waals surface area contributed by atoms with Gasteiger partial charge in [0.2, 0.25) is 0 Å². The third-order valence-corrected chi connectivity index (χ3v) is 5.38. The molecule has 0 radical (unpaired) electrons. The van der Waals surface area contributed by atoms with Crippen molar-refractivity contribution in [2.24, 2.45) is 5.73 Å². The number of nitrogens with zero attached hydrogens (tertiary/aromatic N) is 1. The molecule has 7 nitrogen and oxygen atoms in total. The number of halogens is 1. The summed E-state index contributed by atoms with van der Waals surface area (Å²) in [5.41, 5.74) is 7.26. The molecule has 2 aromatic carbocycles. The SMILES string of the molecule is NC(=O)c1cc(-c2csc(NC(=O)c3ccccc3Oc3cccc(Br)c3)n2)c[nH]1. The topological polar surface area (TPSA) is 110 Å². The van der Waals surface area contributed by atoms with Gasteiger partial charge in [0, 0.05) is 21.6 Å². The largest absolute Gasteiger partial charge is 0.456 e. The van der Waals surface area contributed by atoms with Crippen molar-refractivity contribution in [3.05, 3.63) is 81.9 Å². The Morgan fingerprint density at radius 1 is 1.13 bits per heavy atom. The predicted octanol–water partition coefficient (Wildman–Crippen LogP) is 5.04. The zero-order chi connectivity index (χ0) is 21.1. The van der Waals surface area contributed by atoms with Gasteiger partial charge in [-0.2, -0.15) is 0 Å². The molecule has 0 unspecified atom stereocenters. The first kappa shape index (κ1) is 19.9. The normalized spacial score (nSPS) is 10.6. The van der Waals surface area contributed by atoms with Crippen LogP contribution in [0.25, 0.3) is 11.3 Å². The minimum atomic E-state index is -0.549. The van der Waals surface area contributed by atoms with Crippen LogP contribution in [0.1, 0.15) is 20.8 Å². The lowest BCUT2D eigenvalue weighted by Gasteiger charge is -2.10. The van der Waals surface area contributed by atoms with E-state index in [2.05, 4.69) is 31.2 Å². The van der Waals surface area contributed by atoms with Crippen LogP contribution in [0, 0.1) is 0 Å². The predicted molar refractivity (Wildman–Crippen MR) is 119 cm³/mol. The van der Waals surface area contributed by atoms with E-state index in [1.165, 1.54) is 11.3 Å². The van der Waals surface area contributed by atoms with E-state index in [-0.39, 0.29) is 5.91 Å². The Labute approximate surface area is 184 Å². The highest BCUT2D eigenvalue weighted by Crippen LogP contribution is 2.29. The van der Waals surface area contributed by atoms with Crippen molar-refractivity contribution in [1.29, 1.82) is 0 Å². The molecular weight excluding hydrogens is 468 g/mol. The smallest absolute Gasteiger partial charge is 0.265 e. The van der Waals surface area contributed by atoms with E-state index in [4.69, 9.17) is 10.5 Å². The van der Waals surface area contributed by atoms with Crippen LogP contribution in [0.15, 0.2) is 70.6 Å². The Balaban J connectivity index is 1.52. The van der Waals surface area contributed by atoms with Gasteiger partial charge in [0.25, 0.3) is 11.8 Å². The van der Waals surface area contributed by atoms with Crippen LogP contribution in [-0.4, -0.2) is 21.8 Å². The summed E-state index contributed by atoms with van der Waals surface area (Å²) in [4.78, 5) is 31.3. The van der Waals surface area contributed by atoms with Crippen LogP contribution in [0.5, 0.6) is 11.5 Å². The van der Waals surface area contributed by atoms with Gasteiger partial charge < -0.3 is 15.5 Å². The number of nitrogens with two attached hydrogens (primary N) is 1. The molecule has 0 fully saturated rings. The number of nitrogens with one attached hydrogen (secondary N) is 2. The van der Waals surface area contributed by atoms with Gasteiger partial charge in [-0.25, -0.2) is 4.98 Å². The number of carbonyl (C=O) groups is 2. The molecule has 0 aliphatic carbocycles. The number of rotatable bonds is 6. The van der Waals surface area contributed by atoms with E-state index in [9.17, 15) is 9.59 Å². The second-order valence-electron chi connectivity index (χ2n) is 6.21. The first-order chi connectivity index (χ1) is 14.5. The highest BCUT2D eigenvalue weighted by atomic mass is 79.9. The fourth-order valence-corrected chi connectivity index (χ4v) is 3.81. The van der Waals surface area contributed by atoms with Gasteiger partial charge in [0.1, 0.15) is 17.2 Å². The molecule has 0 saturated heterocycles. The first-order valence-corrected chi connectivity index (χ1v) is 10.4. The van der Waals surface area contributed by atoms with Gasteiger partial charge in [-0.15, -0.1) is 11.3 Å². The number of hydrogen-bond acceptors (Lipinski definition) is 5. The summed E-state index contributed by atoms with van der Waals surface area (Å²) in [6, 6.07) is 16.0. The molecule has 9 heteroatoms. The van der Waals surface area contributed by atoms with E-state index >= 15 is 0 Å². The molecule has 0 bridgehead atoms. The Kier molecular flexibility index (Phi) is 5.64. The number of anilines is 1. The van der Waals surface area contributed by atoms with E-state index in [1.807, 2.05) is 24.3 Å². The first-order valence-electron chi connectivity index (χ1n) is 8.77. The molecule has 30 heavy (non-hydrogen) atoms. The van der Waals surface area contributed by atoms with Gasteiger partial charge in [0.15, 0.2) is 5.13 Å². The molecule has 150 valence electrons. The number of H-pyrrole nitrogens is 1. The number of para-hydroxylation sites is 1. The van der Waals surface area contributed by atoms with Crippen LogP contribution >= 0.6 is 27.3 Å². The number of benzene rings is 2. The quantitative estimate of drug-likeness (QED) is 0.357. The van der Waals surface area contributed by atoms with E-state index in [1.54, 1.807) is 41.9 Å². The molecule has 4 N–H and O–H groups in total. The van der Waals surface area contributed by atoms with E-state index < -0.39 is 5.91 Å². The maximum atomic E-state index is 12.8. The lowest BCUT2D eigenvalue weighted by Crippen LogP contribution is -2.12. The fraction of sp³-hybridized carbons (Fsp3) is 0. The molecule has 4 rings (SSSR count). The number of hydrogen-bond donors (Lipinski definition) is 3. The zero-order valence-corrected chi connectivity index (χ0v) is 17.8. The van der Waals surface area contributed by atoms with Gasteiger partial charge >= 0.3 is 0 Å². The number of aromatic nitrogens is 2. The Morgan fingerprint density at radius 2 is 1.97 bits per heavy atom. The average Bonchev–Trinajstić information content (AvgIpc) is 3.38. The molecule has 0 spiro atoms. The van der Waals surface area contributed by atoms with Crippen LogP contribution in [0.3, 0.4) is 0 Å². The summed E-state index contributed by atoms with van der Waals surface area (Å²) < 4.78 is 6.77. The fourth-order valence-electron chi connectivity index (χ4n) is 2.71. The van der Waals surface area contributed by atoms with Gasteiger partial charge in [-0.3, -0.25) is 14.9 Å². The second kappa shape index (κ2) is 8.52. The Hall–Kier alpha value is -3.43. The maximum Gasteiger partial charge on any atom is 0.265 e. The summed E-state index contributed by atoms with van der Waals surface area (Å²) in [6.45, 7) is 0. The third-order valence-electron chi connectivity index (χ3n) is 4.12. The standard InChI is InChI=1S/C21H15BrN4O3S/c22-13-4-3-5-14(9-13)29-18-7-2-1-6-15(18)20(28)26-21-25-17(11-30-21)12-8-16(19(23)27)24-10-12/h1-11,24H,(H2,23,27)(H,25,26,28). The molecule has 0 aliphatic heterocycles. The highest BCUT2D eigenvalue weighted by molar-refractivity contribution is 9.10. The summed E-state index contributed by atoms with van der Waals surface area (Å²) >= 11 is 4.68. The molecule has 2 aromatic heterocycles. The maximum absolute atomic E-state index is 12.8. The van der Waals surface area contributed by atoms with Crippen LogP contribution in [0.2, 0.25) is 0 Å². The van der Waals surface area contributed by atoms with Crippen molar-refractivity contribution in [1.82, 2.24) is 9.97 Å². The van der Waals surface area contributed by atoms with E-state index in [0.717, 1.165) is 4.47 Å². The number of amides is 2. The van der Waals surface area contributed by atoms with E-state index in [0.29, 0.717) is 39.1 Å². The molecule has 2 amide bonds. The van der Waals surface area contributed by atoms with Gasteiger partial charge in [0.05, 0.1) is 11.3 Å². The van der Waals surface area contributed by atoms with Crippen molar-refractivity contribution in [3.63, 3.8) is 0 Å². The van der Waals surface area contributed by atoms with Gasteiger partial charge in [-0.1, -0.05) is 34.1 Å². The van der Waals surface area contributed by atoms with Crippen LogP contribution in [-0.2, 0) is 0 Å². The minimum Gasteiger partial charge on any atom is -0.456 e. The molecule has 0 atom stereocenters. The van der Waals surface area contributed by atoms with Crippen molar-refractivity contribution in [2.45, 2.75) is 0 Å². The number of ether oxygens (including phenoxy) is 1. The number of aromatic amines is 1. The summed E-state index contributed by atoms with van der Waals surface area (Å²) in [7, 11) is 0. The minimum absolute atomic E-state index is 0.294. The summed E-state index contributed by atoms with van der Waals surface area (Å²) in [6.07, 6.45) is 1.64. The van der Waals surface area contributed by atoms with Crippen molar-refractivity contribution < 1.29 is 14.3 Å². The van der Waals surface area contributed by atoms with Gasteiger partial charge in [-0.05, 0) is 36.4 Å². The Morgan fingerprint density at radius 3 is 2.73 bits per heavy atom. The van der Waals surface area contributed by atoms with Crippen LogP contribution < -0.4 is 15.8 Å². The van der Waals surface area contributed by atoms with Crippen molar-refractivity contribution in [2.75, 3.05) is 5.32 Å². The highest BCUT2D eigenvalue weighted by Gasteiger charge is 2.16. The lowest BCUT2D eigenvalue weighted by molar-refractivity contribution is 0.0993.